The van der Waals surface area contributed by atoms with Crippen LogP contribution in [0.4, 0.5) is 0 Å². The smallest absolute Gasteiger partial charge is 0.295 e. The average Bonchev–Trinajstić information content (AvgIpc) is 3.40. The lowest BCUT2D eigenvalue weighted by Crippen LogP contribution is -2.37. The van der Waals surface area contributed by atoms with E-state index < -0.39 is 17.7 Å². The van der Waals surface area contributed by atoms with Gasteiger partial charge in [-0.15, -0.1) is 0 Å². The van der Waals surface area contributed by atoms with E-state index in [0.29, 0.717) is 12.2 Å². The number of carbonyl (C=O) groups excluding carboxylic acids is 2. The number of hydrogen-bond acceptors (Lipinski definition) is 4. The lowest BCUT2D eigenvalue weighted by molar-refractivity contribution is -0.141. The lowest BCUT2D eigenvalue weighted by atomic mass is 9.91. The fourth-order valence-corrected chi connectivity index (χ4v) is 5.27. The Morgan fingerprint density at radius 1 is 1.06 bits per heavy atom. The molecule has 1 saturated carbocycles. The van der Waals surface area contributed by atoms with Crippen LogP contribution in [0.3, 0.4) is 0 Å². The number of aryl methyl sites for hydroxylation is 2. The fraction of sp³-hybridized carbons (Fsp3) is 0.385. The van der Waals surface area contributed by atoms with Crippen LogP contribution in [0.2, 0.25) is 0 Å². The third-order valence-electron chi connectivity index (χ3n) is 6.86. The van der Waals surface area contributed by atoms with Gasteiger partial charge >= 0.3 is 0 Å². The van der Waals surface area contributed by atoms with Crippen LogP contribution < -0.4 is 4.74 Å². The van der Waals surface area contributed by atoms with Gasteiger partial charge in [-0.25, -0.2) is 0 Å². The number of fused-ring (bicyclic) bond motifs is 1. The minimum absolute atomic E-state index is 0.0308. The second kappa shape index (κ2) is 7.88. The SMILES string of the molecule is Cc1ccccc1C1/C(=C(\O)c2ccc3c(c2)CCCO3)C(=O)C(=O)N1C1CCCC1. The number of ketones is 1. The maximum atomic E-state index is 13.2. The molecule has 3 aliphatic rings. The topological polar surface area (TPSA) is 66.8 Å². The number of aliphatic hydroxyl groups is 1. The summed E-state index contributed by atoms with van der Waals surface area (Å²) >= 11 is 0. The molecule has 2 heterocycles. The van der Waals surface area contributed by atoms with E-state index in [-0.39, 0.29) is 17.4 Å². The van der Waals surface area contributed by atoms with Gasteiger partial charge in [-0.1, -0.05) is 37.1 Å². The molecule has 31 heavy (non-hydrogen) atoms. The number of amides is 1. The van der Waals surface area contributed by atoms with E-state index in [4.69, 9.17) is 4.74 Å². The Morgan fingerprint density at radius 2 is 1.84 bits per heavy atom. The summed E-state index contributed by atoms with van der Waals surface area (Å²) in [5.74, 6) is -0.361. The summed E-state index contributed by atoms with van der Waals surface area (Å²) in [7, 11) is 0. The van der Waals surface area contributed by atoms with Crippen molar-refractivity contribution >= 4 is 17.4 Å². The predicted octanol–water partition coefficient (Wildman–Crippen LogP) is 4.68. The van der Waals surface area contributed by atoms with Crippen molar-refractivity contribution in [2.24, 2.45) is 0 Å². The lowest BCUT2D eigenvalue weighted by Gasteiger charge is -2.31. The first-order chi connectivity index (χ1) is 15.1. The maximum absolute atomic E-state index is 13.2. The van der Waals surface area contributed by atoms with E-state index in [2.05, 4.69) is 0 Å². The molecule has 5 heteroatoms. The van der Waals surface area contributed by atoms with Crippen LogP contribution in [0, 0.1) is 6.92 Å². The molecule has 0 bridgehead atoms. The molecule has 2 aliphatic heterocycles. The summed E-state index contributed by atoms with van der Waals surface area (Å²) in [5.41, 5.74) is 3.68. The molecular formula is C26H27NO4. The summed E-state index contributed by atoms with van der Waals surface area (Å²) in [5, 5.41) is 11.3. The Bertz CT molecular complexity index is 1080. The Hall–Kier alpha value is -3.08. The largest absolute Gasteiger partial charge is 0.507 e. The number of nitrogens with zero attached hydrogens (tertiary/aromatic N) is 1. The van der Waals surface area contributed by atoms with E-state index in [1.165, 1.54) is 0 Å². The molecule has 1 amide bonds. The fourth-order valence-electron chi connectivity index (χ4n) is 5.27. The highest BCUT2D eigenvalue weighted by Gasteiger charge is 2.49. The van der Waals surface area contributed by atoms with E-state index in [9.17, 15) is 14.7 Å². The van der Waals surface area contributed by atoms with Crippen LogP contribution in [-0.4, -0.2) is 34.3 Å². The van der Waals surface area contributed by atoms with Crippen LogP contribution in [0.5, 0.6) is 5.75 Å². The summed E-state index contributed by atoms with van der Waals surface area (Å²) in [4.78, 5) is 28.2. The molecule has 2 aromatic rings. The van der Waals surface area contributed by atoms with E-state index in [0.717, 1.165) is 61.0 Å². The van der Waals surface area contributed by atoms with Gasteiger partial charge in [-0.3, -0.25) is 9.59 Å². The van der Waals surface area contributed by atoms with Crippen LogP contribution in [0.1, 0.15) is 60.4 Å². The second-order valence-electron chi connectivity index (χ2n) is 8.78. The van der Waals surface area contributed by atoms with Crippen molar-refractivity contribution in [1.29, 1.82) is 0 Å². The molecule has 5 rings (SSSR count). The predicted molar refractivity (Wildman–Crippen MR) is 118 cm³/mol. The third kappa shape index (κ3) is 3.32. The molecule has 2 fully saturated rings. The van der Waals surface area contributed by atoms with Crippen molar-refractivity contribution in [1.82, 2.24) is 4.90 Å². The van der Waals surface area contributed by atoms with Gasteiger partial charge in [-0.05, 0) is 67.5 Å². The van der Waals surface area contributed by atoms with Crippen molar-refractivity contribution < 1.29 is 19.4 Å². The Labute approximate surface area is 182 Å². The Balaban J connectivity index is 1.67. The summed E-state index contributed by atoms with van der Waals surface area (Å²) < 4.78 is 5.69. The van der Waals surface area contributed by atoms with E-state index >= 15 is 0 Å². The van der Waals surface area contributed by atoms with Crippen LogP contribution in [0.25, 0.3) is 5.76 Å². The van der Waals surface area contributed by atoms with Gasteiger partial charge in [0.05, 0.1) is 18.2 Å². The molecule has 2 aromatic carbocycles. The van der Waals surface area contributed by atoms with E-state index in [1.807, 2.05) is 43.3 Å². The Morgan fingerprint density at radius 3 is 2.61 bits per heavy atom. The molecule has 1 atom stereocenters. The first kappa shape index (κ1) is 19.9. The molecule has 1 saturated heterocycles. The standard InChI is InChI=1S/C26H27NO4/c1-16-7-2-5-11-20(16)23-22(25(29)26(30)27(23)19-9-3-4-10-19)24(28)18-12-13-21-17(15-18)8-6-14-31-21/h2,5,7,11-13,15,19,23,28H,3-4,6,8-10,14H2,1H3/b24-22+. The third-order valence-corrected chi connectivity index (χ3v) is 6.86. The van der Waals surface area contributed by atoms with Gasteiger partial charge in [0.25, 0.3) is 11.7 Å². The van der Waals surface area contributed by atoms with Crippen LogP contribution in [-0.2, 0) is 16.0 Å². The number of ether oxygens (including phenoxy) is 1. The molecule has 0 aromatic heterocycles. The highest BCUT2D eigenvalue weighted by Crippen LogP contribution is 2.44. The zero-order chi connectivity index (χ0) is 21.5. The van der Waals surface area contributed by atoms with Gasteiger partial charge in [0.15, 0.2) is 0 Å². The van der Waals surface area contributed by atoms with Gasteiger partial charge < -0.3 is 14.7 Å². The van der Waals surface area contributed by atoms with Crippen molar-refractivity contribution in [3.8, 4) is 5.75 Å². The molecule has 0 spiro atoms. The normalized spacial score (nSPS) is 23.1. The van der Waals surface area contributed by atoms with Gasteiger partial charge in [0.2, 0.25) is 0 Å². The molecule has 5 nitrogen and oxygen atoms in total. The zero-order valence-corrected chi connectivity index (χ0v) is 17.8. The van der Waals surface area contributed by atoms with Crippen molar-refractivity contribution in [2.75, 3.05) is 6.61 Å². The van der Waals surface area contributed by atoms with Crippen LogP contribution >= 0.6 is 0 Å². The first-order valence-corrected chi connectivity index (χ1v) is 11.2. The zero-order valence-electron chi connectivity index (χ0n) is 17.8. The van der Waals surface area contributed by atoms with Crippen molar-refractivity contribution in [2.45, 2.75) is 57.5 Å². The average molecular weight is 418 g/mol. The quantitative estimate of drug-likeness (QED) is 0.447. The summed E-state index contributed by atoms with van der Waals surface area (Å²) in [6, 6.07) is 12.8. The molecular weight excluding hydrogens is 390 g/mol. The molecule has 1 N–H and O–H groups in total. The number of hydrogen-bond donors (Lipinski definition) is 1. The number of benzene rings is 2. The van der Waals surface area contributed by atoms with Crippen LogP contribution in [0.15, 0.2) is 48.0 Å². The molecule has 0 radical (unpaired) electrons. The first-order valence-electron chi connectivity index (χ1n) is 11.2. The molecule has 160 valence electrons. The minimum atomic E-state index is -0.591. The van der Waals surface area contributed by atoms with Crippen molar-refractivity contribution in [3.05, 3.63) is 70.3 Å². The second-order valence-corrected chi connectivity index (χ2v) is 8.78. The summed E-state index contributed by atoms with van der Waals surface area (Å²) in [6.45, 7) is 2.68. The van der Waals surface area contributed by atoms with E-state index in [1.54, 1.807) is 11.0 Å². The monoisotopic (exact) mass is 417 g/mol. The summed E-state index contributed by atoms with van der Waals surface area (Å²) in [6.07, 6.45) is 5.69. The van der Waals surface area contributed by atoms with Gasteiger partial charge in [0, 0.05) is 11.6 Å². The van der Waals surface area contributed by atoms with Crippen molar-refractivity contribution in [3.63, 3.8) is 0 Å². The van der Waals surface area contributed by atoms with Gasteiger partial charge in [-0.2, -0.15) is 0 Å². The van der Waals surface area contributed by atoms with Gasteiger partial charge in [0.1, 0.15) is 11.5 Å². The molecule has 1 aliphatic carbocycles. The number of aliphatic hydroxyl groups excluding tert-OH is 1. The molecule has 1 unspecified atom stereocenters. The number of carbonyl (C=O) groups is 2. The Kier molecular flexibility index (Phi) is 5.05. The minimum Gasteiger partial charge on any atom is -0.507 e. The maximum Gasteiger partial charge on any atom is 0.295 e. The highest BCUT2D eigenvalue weighted by molar-refractivity contribution is 6.46. The highest BCUT2D eigenvalue weighted by atomic mass is 16.5. The number of Topliss-reactive ketones (excluding diaryl/α,β-unsaturated/α-hetero) is 1. The number of likely N-dealkylation sites (tertiary alicyclic amines) is 1. The number of rotatable bonds is 3.